The summed E-state index contributed by atoms with van der Waals surface area (Å²) in [6.07, 6.45) is -5.86. The number of hydrogen-bond acceptors (Lipinski definition) is 3. The molecule has 0 amide bonds. The second-order valence-electron chi connectivity index (χ2n) is 4.80. The van der Waals surface area contributed by atoms with Crippen molar-refractivity contribution in [1.82, 2.24) is 9.97 Å². The first-order chi connectivity index (χ1) is 10.8. The van der Waals surface area contributed by atoms with Gasteiger partial charge in [-0.15, -0.1) is 13.2 Å². The number of H-pyrrole nitrogens is 1. The maximum absolute atomic E-state index is 12.1. The van der Waals surface area contributed by atoms with Crippen LogP contribution in [0.3, 0.4) is 0 Å². The highest BCUT2D eigenvalue weighted by molar-refractivity contribution is 6.31. The van der Waals surface area contributed by atoms with Crippen LogP contribution in [0.2, 0.25) is 5.02 Å². The Hall–Kier alpha value is -2.25. The summed E-state index contributed by atoms with van der Waals surface area (Å²) in [6.45, 7) is 0. The molecular weight excluding hydrogens is 333 g/mol. The molecule has 8 heteroatoms. The van der Waals surface area contributed by atoms with Crippen molar-refractivity contribution < 1.29 is 23.0 Å². The number of nitrogens with zero attached hydrogens (tertiary/aromatic N) is 1. The maximum Gasteiger partial charge on any atom is 0.573 e. The predicted molar refractivity (Wildman–Crippen MR) is 78.3 cm³/mol. The van der Waals surface area contributed by atoms with Crippen LogP contribution < -0.4 is 4.74 Å². The number of aliphatic hydroxyl groups is 1. The number of nitrogens with one attached hydrogen (secondary N) is 1. The minimum Gasteiger partial charge on any atom is -0.406 e. The average Bonchev–Trinajstić information content (AvgIpc) is 2.88. The van der Waals surface area contributed by atoms with Crippen LogP contribution in [-0.4, -0.2) is 21.4 Å². The number of fused-ring (bicyclic) bond motifs is 1. The van der Waals surface area contributed by atoms with Gasteiger partial charge in [0.15, 0.2) is 0 Å². The van der Waals surface area contributed by atoms with E-state index in [4.69, 9.17) is 11.6 Å². The number of hydrogen-bond donors (Lipinski definition) is 2. The third kappa shape index (κ3) is 3.57. The number of ether oxygens (including phenoxy) is 1. The molecule has 0 fully saturated rings. The van der Waals surface area contributed by atoms with Gasteiger partial charge in [0, 0.05) is 5.02 Å². The van der Waals surface area contributed by atoms with E-state index in [1.54, 1.807) is 18.2 Å². The molecular formula is C15H10ClF3N2O2. The van der Waals surface area contributed by atoms with Gasteiger partial charge in [0.25, 0.3) is 0 Å². The number of alkyl halides is 3. The maximum atomic E-state index is 12.1. The molecule has 0 radical (unpaired) electrons. The van der Waals surface area contributed by atoms with Crippen LogP contribution in [0, 0.1) is 0 Å². The van der Waals surface area contributed by atoms with Crippen molar-refractivity contribution in [3.63, 3.8) is 0 Å². The molecule has 0 saturated carbocycles. The fraction of sp³-hybridized carbons (Fsp3) is 0.133. The molecule has 23 heavy (non-hydrogen) atoms. The quantitative estimate of drug-likeness (QED) is 0.750. The van der Waals surface area contributed by atoms with E-state index < -0.39 is 12.5 Å². The summed E-state index contributed by atoms with van der Waals surface area (Å²) in [4.78, 5) is 7.17. The number of benzene rings is 2. The van der Waals surface area contributed by atoms with Crippen LogP contribution in [0.4, 0.5) is 13.2 Å². The first-order valence-corrected chi connectivity index (χ1v) is 6.88. The highest BCUT2D eigenvalue weighted by Crippen LogP contribution is 2.27. The normalized spacial score (nSPS) is 13.3. The molecule has 3 rings (SSSR count). The summed E-state index contributed by atoms with van der Waals surface area (Å²) in [5.41, 5.74) is 1.66. The van der Waals surface area contributed by atoms with Gasteiger partial charge >= 0.3 is 6.36 Å². The first-order valence-electron chi connectivity index (χ1n) is 6.51. The highest BCUT2D eigenvalue weighted by atomic mass is 35.5. The number of aromatic amines is 1. The molecule has 1 atom stereocenters. The van der Waals surface area contributed by atoms with E-state index in [0.717, 1.165) is 12.1 Å². The summed E-state index contributed by atoms with van der Waals surface area (Å²) >= 11 is 5.87. The molecule has 120 valence electrons. The van der Waals surface area contributed by atoms with Gasteiger partial charge in [-0.2, -0.15) is 0 Å². The Bertz CT molecular complexity index is 831. The summed E-state index contributed by atoms with van der Waals surface area (Å²) in [7, 11) is 0. The number of rotatable bonds is 3. The third-order valence-electron chi connectivity index (χ3n) is 3.15. The van der Waals surface area contributed by atoms with E-state index in [1.807, 2.05) is 0 Å². The highest BCUT2D eigenvalue weighted by Gasteiger charge is 2.31. The Labute approximate surface area is 133 Å². The number of aromatic nitrogens is 2. The van der Waals surface area contributed by atoms with E-state index in [0.29, 0.717) is 21.6 Å². The summed E-state index contributed by atoms with van der Waals surface area (Å²) in [5.74, 6) is -0.0865. The van der Waals surface area contributed by atoms with Crippen LogP contribution in [-0.2, 0) is 0 Å². The van der Waals surface area contributed by atoms with Crippen LogP contribution in [0.5, 0.6) is 5.75 Å². The van der Waals surface area contributed by atoms with Crippen LogP contribution in [0.15, 0.2) is 42.5 Å². The van der Waals surface area contributed by atoms with Gasteiger partial charge in [-0.05, 0) is 35.9 Å². The molecule has 0 aliphatic rings. The zero-order valence-electron chi connectivity index (χ0n) is 11.4. The second-order valence-corrected chi connectivity index (χ2v) is 5.24. The van der Waals surface area contributed by atoms with E-state index >= 15 is 0 Å². The van der Waals surface area contributed by atoms with Gasteiger partial charge in [-0.1, -0.05) is 23.7 Å². The second kappa shape index (κ2) is 5.75. The molecule has 2 N–H and O–H groups in total. The molecule has 0 aliphatic carbocycles. The summed E-state index contributed by atoms with van der Waals surface area (Å²) < 4.78 is 40.1. The van der Waals surface area contributed by atoms with Crippen molar-refractivity contribution in [3.8, 4) is 5.75 Å². The van der Waals surface area contributed by atoms with Crippen LogP contribution in [0.1, 0.15) is 17.5 Å². The zero-order valence-corrected chi connectivity index (χ0v) is 12.2. The predicted octanol–water partition coefficient (Wildman–Crippen LogP) is 4.20. The largest absolute Gasteiger partial charge is 0.573 e. The Kier molecular flexibility index (Phi) is 3.91. The fourth-order valence-electron chi connectivity index (χ4n) is 2.14. The van der Waals surface area contributed by atoms with Gasteiger partial charge < -0.3 is 14.8 Å². The smallest absolute Gasteiger partial charge is 0.406 e. The molecule has 4 nitrogen and oxygen atoms in total. The molecule has 3 aromatic rings. The third-order valence-corrected chi connectivity index (χ3v) is 3.39. The van der Waals surface area contributed by atoms with Crippen molar-refractivity contribution in [1.29, 1.82) is 0 Å². The number of halogens is 4. The van der Waals surface area contributed by atoms with E-state index in [1.165, 1.54) is 12.1 Å². The van der Waals surface area contributed by atoms with E-state index in [9.17, 15) is 18.3 Å². The van der Waals surface area contributed by atoms with Crippen molar-refractivity contribution >= 4 is 22.6 Å². The Balaban J connectivity index is 1.85. The molecule has 1 unspecified atom stereocenters. The van der Waals surface area contributed by atoms with Gasteiger partial charge in [0.2, 0.25) is 0 Å². The lowest BCUT2D eigenvalue weighted by Gasteiger charge is -2.11. The van der Waals surface area contributed by atoms with Gasteiger partial charge in [-0.25, -0.2) is 4.98 Å². The Morgan fingerprint density at radius 2 is 1.83 bits per heavy atom. The van der Waals surface area contributed by atoms with E-state index in [-0.39, 0.29) is 11.6 Å². The Morgan fingerprint density at radius 3 is 2.48 bits per heavy atom. The monoisotopic (exact) mass is 342 g/mol. The first kappa shape index (κ1) is 15.6. The molecule has 2 aromatic carbocycles. The average molecular weight is 343 g/mol. The number of imidazole rings is 1. The van der Waals surface area contributed by atoms with Crippen molar-refractivity contribution in [2.75, 3.05) is 0 Å². The molecule has 1 aromatic heterocycles. The van der Waals surface area contributed by atoms with Gasteiger partial charge in [0.05, 0.1) is 11.0 Å². The van der Waals surface area contributed by atoms with Crippen molar-refractivity contribution in [3.05, 3.63) is 58.9 Å². The van der Waals surface area contributed by atoms with Crippen molar-refractivity contribution in [2.45, 2.75) is 12.5 Å². The van der Waals surface area contributed by atoms with Crippen LogP contribution in [0.25, 0.3) is 11.0 Å². The summed E-state index contributed by atoms with van der Waals surface area (Å²) in [6, 6.07) is 9.99. The lowest BCUT2D eigenvalue weighted by molar-refractivity contribution is -0.274. The lowest BCUT2D eigenvalue weighted by atomic mass is 10.1. The lowest BCUT2D eigenvalue weighted by Crippen LogP contribution is -2.17. The van der Waals surface area contributed by atoms with Gasteiger partial charge in [-0.3, -0.25) is 0 Å². The minimum absolute atomic E-state index is 0.270. The Morgan fingerprint density at radius 1 is 1.13 bits per heavy atom. The van der Waals surface area contributed by atoms with Crippen molar-refractivity contribution in [2.24, 2.45) is 0 Å². The topological polar surface area (TPSA) is 58.1 Å². The molecule has 0 bridgehead atoms. The van der Waals surface area contributed by atoms with E-state index in [2.05, 4.69) is 14.7 Å². The molecule has 0 aliphatic heterocycles. The van der Waals surface area contributed by atoms with Gasteiger partial charge in [0.1, 0.15) is 17.7 Å². The SMILES string of the molecule is OC(c1ccc(OC(F)(F)F)cc1)c1nc2cc(Cl)ccc2[nH]1. The summed E-state index contributed by atoms with van der Waals surface area (Å²) in [5, 5.41) is 10.8. The standard InChI is InChI=1S/C15H10ClF3N2O2/c16-9-3-6-11-12(7-9)21-14(20-11)13(22)8-1-4-10(5-2-8)23-15(17,18)19/h1-7,13,22H,(H,20,21). The molecule has 0 saturated heterocycles. The molecule has 0 spiro atoms. The molecule has 1 heterocycles. The minimum atomic E-state index is -4.75. The zero-order chi connectivity index (χ0) is 16.6. The number of aliphatic hydroxyl groups excluding tert-OH is 1. The fourth-order valence-corrected chi connectivity index (χ4v) is 2.30. The van der Waals surface area contributed by atoms with Crippen LogP contribution >= 0.6 is 11.6 Å².